The number of pyridine rings is 1. The van der Waals surface area contributed by atoms with Crippen LogP contribution in [0.2, 0.25) is 0 Å². The molecule has 6 heteroatoms. The molecule has 1 saturated carbocycles. The number of piperidine rings is 2. The van der Waals surface area contributed by atoms with Gasteiger partial charge in [-0.3, -0.25) is 14.7 Å². The van der Waals surface area contributed by atoms with Crippen LogP contribution >= 0.6 is 0 Å². The van der Waals surface area contributed by atoms with Crippen molar-refractivity contribution in [1.29, 1.82) is 0 Å². The Balaban J connectivity index is 1.41. The van der Waals surface area contributed by atoms with Crippen LogP contribution in [0.25, 0.3) is 0 Å². The molecule has 2 aromatic rings. The van der Waals surface area contributed by atoms with E-state index >= 15 is 0 Å². The Kier molecular flexibility index (Phi) is 5.52. The zero-order chi connectivity index (χ0) is 21.4. The fraction of sp³-hybridized carbons (Fsp3) is 0.520. The zero-order valence-electron chi connectivity index (χ0n) is 17.8. The first-order chi connectivity index (χ1) is 15.1. The average Bonchev–Trinajstić information content (AvgIpc) is 3.59. The quantitative estimate of drug-likeness (QED) is 0.799. The highest BCUT2D eigenvalue weighted by molar-refractivity contribution is 5.85. The van der Waals surface area contributed by atoms with Gasteiger partial charge in [-0.15, -0.1) is 0 Å². The first-order valence-corrected chi connectivity index (χ1v) is 11.4. The molecule has 0 unspecified atom stereocenters. The summed E-state index contributed by atoms with van der Waals surface area (Å²) in [6.07, 6.45) is 5.39. The smallest absolute Gasteiger partial charge is 0.230 e. The number of rotatable bonds is 5. The van der Waals surface area contributed by atoms with Gasteiger partial charge < -0.3 is 10.0 Å². The molecule has 5 nitrogen and oxygen atoms in total. The highest BCUT2D eigenvalue weighted by atomic mass is 19.1. The molecule has 3 heterocycles. The lowest BCUT2D eigenvalue weighted by Crippen LogP contribution is -2.60. The zero-order valence-corrected chi connectivity index (χ0v) is 17.8. The second-order valence-electron chi connectivity index (χ2n) is 9.55. The van der Waals surface area contributed by atoms with E-state index in [4.69, 9.17) is 0 Å². The van der Waals surface area contributed by atoms with Crippen LogP contribution in [0.15, 0.2) is 48.7 Å². The van der Waals surface area contributed by atoms with Gasteiger partial charge in [-0.05, 0) is 62.3 Å². The molecule has 2 saturated heterocycles. The van der Waals surface area contributed by atoms with Gasteiger partial charge in [-0.2, -0.15) is 0 Å². The lowest BCUT2D eigenvalue weighted by atomic mass is 9.69. The van der Waals surface area contributed by atoms with Crippen LogP contribution in [-0.4, -0.2) is 51.5 Å². The van der Waals surface area contributed by atoms with E-state index in [1.807, 2.05) is 35.2 Å². The summed E-state index contributed by atoms with van der Waals surface area (Å²) in [5, 5.41) is 11.3. The molecule has 3 aliphatic rings. The summed E-state index contributed by atoms with van der Waals surface area (Å²) in [6, 6.07) is 12.7. The molecule has 1 N–H and O–H groups in total. The van der Waals surface area contributed by atoms with Crippen LogP contribution in [-0.2, 0) is 11.3 Å². The highest BCUT2D eigenvalue weighted by Crippen LogP contribution is 2.47. The maximum atomic E-state index is 14.2. The van der Waals surface area contributed by atoms with Crippen LogP contribution in [0, 0.1) is 17.2 Å². The molecule has 0 bridgehead atoms. The Labute approximate surface area is 182 Å². The highest BCUT2D eigenvalue weighted by Gasteiger charge is 2.53. The molecule has 5 rings (SSSR count). The van der Waals surface area contributed by atoms with Crippen molar-refractivity contribution in [2.24, 2.45) is 11.3 Å². The molecule has 3 atom stereocenters. The van der Waals surface area contributed by atoms with Gasteiger partial charge in [-0.25, -0.2) is 4.39 Å². The number of benzene rings is 1. The minimum absolute atomic E-state index is 0.157. The Morgan fingerprint density at radius 2 is 1.97 bits per heavy atom. The number of nitrogens with zero attached hydrogens (tertiary/aromatic N) is 3. The Morgan fingerprint density at radius 1 is 1.16 bits per heavy atom. The topological polar surface area (TPSA) is 56.7 Å². The lowest BCUT2D eigenvalue weighted by molar-refractivity contribution is -0.165. The molecular weight excluding hydrogens is 393 g/mol. The van der Waals surface area contributed by atoms with E-state index in [2.05, 4.69) is 9.88 Å². The van der Waals surface area contributed by atoms with Crippen molar-refractivity contribution in [2.75, 3.05) is 19.6 Å². The van der Waals surface area contributed by atoms with Crippen molar-refractivity contribution in [3.63, 3.8) is 0 Å². The second-order valence-corrected chi connectivity index (χ2v) is 9.55. The molecular formula is C25H30FN3O2. The fourth-order valence-corrected chi connectivity index (χ4v) is 5.52. The normalized spacial score (nSPS) is 29.5. The number of hydrogen-bond donors (Lipinski definition) is 1. The summed E-state index contributed by atoms with van der Waals surface area (Å²) in [5.41, 5.74) is 0.811. The van der Waals surface area contributed by atoms with E-state index in [1.165, 1.54) is 6.07 Å². The molecule has 0 radical (unpaired) electrons. The fourth-order valence-electron chi connectivity index (χ4n) is 5.52. The van der Waals surface area contributed by atoms with E-state index in [-0.39, 0.29) is 17.8 Å². The number of hydrogen-bond acceptors (Lipinski definition) is 4. The van der Waals surface area contributed by atoms with Crippen LogP contribution in [0.1, 0.15) is 49.4 Å². The standard InChI is InChI=1S/C25H30FN3O2/c26-20-8-4-12-27-21(20)16-28-13-5-11-25(17-28)14-22(30)23(19-6-2-1-3-7-19)29(24(25)31)15-18-9-10-18/h1-4,6-8,12,18,22-23,30H,5,9-11,13-17H2/t22-,23+,25-/m1/s1. The van der Waals surface area contributed by atoms with Crippen molar-refractivity contribution in [2.45, 2.75) is 50.8 Å². The van der Waals surface area contributed by atoms with Crippen molar-refractivity contribution in [1.82, 2.24) is 14.8 Å². The third kappa shape index (κ3) is 4.11. The van der Waals surface area contributed by atoms with E-state index in [9.17, 15) is 14.3 Å². The monoisotopic (exact) mass is 423 g/mol. The summed E-state index contributed by atoms with van der Waals surface area (Å²) in [6.45, 7) is 2.46. The van der Waals surface area contributed by atoms with Gasteiger partial charge in [0.2, 0.25) is 5.91 Å². The van der Waals surface area contributed by atoms with Crippen molar-refractivity contribution in [3.8, 4) is 0 Å². The van der Waals surface area contributed by atoms with E-state index < -0.39 is 11.5 Å². The van der Waals surface area contributed by atoms with Gasteiger partial charge in [0.15, 0.2) is 0 Å². The minimum atomic E-state index is -0.608. The number of aromatic nitrogens is 1. The molecule has 1 aliphatic carbocycles. The van der Waals surface area contributed by atoms with Gasteiger partial charge >= 0.3 is 0 Å². The van der Waals surface area contributed by atoms with Gasteiger partial charge in [-0.1, -0.05) is 30.3 Å². The summed E-state index contributed by atoms with van der Waals surface area (Å²) < 4.78 is 14.2. The molecule has 1 aromatic carbocycles. The van der Waals surface area contributed by atoms with E-state index in [1.54, 1.807) is 12.3 Å². The third-order valence-electron chi connectivity index (χ3n) is 7.17. The van der Waals surface area contributed by atoms with Gasteiger partial charge in [0, 0.05) is 25.8 Å². The summed E-state index contributed by atoms with van der Waals surface area (Å²) in [4.78, 5) is 22.3. The number of carbonyl (C=O) groups is 1. The number of halogens is 1. The minimum Gasteiger partial charge on any atom is -0.391 e. The molecule has 164 valence electrons. The number of likely N-dealkylation sites (tertiary alicyclic amines) is 2. The van der Waals surface area contributed by atoms with Crippen LogP contribution in [0.5, 0.6) is 0 Å². The Hall–Kier alpha value is -2.31. The summed E-state index contributed by atoms with van der Waals surface area (Å²) in [5.74, 6) is 0.390. The maximum Gasteiger partial charge on any atom is 0.230 e. The van der Waals surface area contributed by atoms with E-state index in [0.717, 1.165) is 37.8 Å². The van der Waals surface area contributed by atoms with Crippen LogP contribution in [0.3, 0.4) is 0 Å². The van der Waals surface area contributed by atoms with Gasteiger partial charge in [0.05, 0.1) is 23.3 Å². The first kappa shape index (κ1) is 20.6. The van der Waals surface area contributed by atoms with Crippen LogP contribution < -0.4 is 0 Å². The third-order valence-corrected chi connectivity index (χ3v) is 7.17. The molecule has 31 heavy (non-hydrogen) atoms. The number of carbonyl (C=O) groups excluding carboxylic acids is 1. The molecule has 2 aliphatic heterocycles. The van der Waals surface area contributed by atoms with Gasteiger partial charge in [0.25, 0.3) is 0 Å². The first-order valence-electron chi connectivity index (χ1n) is 11.4. The average molecular weight is 424 g/mol. The Bertz CT molecular complexity index is 935. The molecule has 1 spiro atoms. The van der Waals surface area contributed by atoms with E-state index in [0.29, 0.717) is 37.7 Å². The lowest BCUT2D eigenvalue weighted by Gasteiger charge is -2.52. The largest absolute Gasteiger partial charge is 0.391 e. The van der Waals surface area contributed by atoms with Crippen molar-refractivity contribution in [3.05, 3.63) is 65.7 Å². The SMILES string of the molecule is O=C1N(CC2CC2)[C@@H](c2ccccc2)[C@H](O)C[C@@]12CCCN(Cc1ncccc1F)C2. The predicted octanol–water partition coefficient (Wildman–Crippen LogP) is 3.55. The number of aliphatic hydroxyl groups is 1. The van der Waals surface area contributed by atoms with Gasteiger partial charge in [0.1, 0.15) is 5.82 Å². The summed E-state index contributed by atoms with van der Waals surface area (Å²) in [7, 11) is 0. The van der Waals surface area contributed by atoms with Crippen molar-refractivity contribution >= 4 is 5.91 Å². The Morgan fingerprint density at radius 3 is 2.71 bits per heavy atom. The maximum absolute atomic E-state index is 14.2. The summed E-state index contributed by atoms with van der Waals surface area (Å²) >= 11 is 0. The molecule has 1 aromatic heterocycles. The number of aliphatic hydroxyl groups excluding tert-OH is 1. The van der Waals surface area contributed by atoms with Crippen molar-refractivity contribution < 1.29 is 14.3 Å². The van der Waals surface area contributed by atoms with Crippen LogP contribution in [0.4, 0.5) is 4.39 Å². The molecule has 1 amide bonds. The predicted molar refractivity (Wildman–Crippen MR) is 115 cm³/mol. The second kappa shape index (κ2) is 8.32. The number of amides is 1. The molecule has 3 fully saturated rings.